The van der Waals surface area contributed by atoms with Crippen LogP contribution in [0.15, 0.2) is 29.3 Å². The lowest BCUT2D eigenvalue weighted by atomic mass is 10.1. The second-order valence-corrected chi connectivity index (χ2v) is 9.38. The molecule has 8 nitrogen and oxygen atoms in total. The molecule has 156 valence electrons. The number of hydrogen-bond acceptors (Lipinski definition) is 5. The van der Waals surface area contributed by atoms with Gasteiger partial charge in [-0.2, -0.15) is 4.31 Å². The quantitative estimate of drug-likeness (QED) is 0.794. The van der Waals surface area contributed by atoms with Crippen LogP contribution >= 0.6 is 0 Å². The van der Waals surface area contributed by atoms with Crippen molar-refractivity contribution in [2.75, 3.05) is 26.3 Å². The van der Waals surface area contributed by atoms with Crippen LogP contribution in [0.2, 0.25) is 0 Å². The minimum Gasteiger partial charge on any atom is -0.379 e. The summed E-state index contributed by atoms with van der Waals surface area (Å²) in [6.07, 6.45) is 5.25. The predicted octanol–water partition coefficient (Wildman–Crippen LogP) is 1.48. The zero-order valence-corrected chi connectivity index (χ0v) is 17.4. The summed E-state index contributed by atoms with van der Waals surface area (Å²) in [6, 6.07) is 4.80. The molecule has 0 spiro atoms. The molecule has 0 aliphatic carbocycles. The molecule has 0 saturated carbocycles. The summed E-state index contributed by atoms with van der Waals surface area (Å²) in [6.45, 7) is 4.44. The lowest BCUT2D eigenvalue weighted by Gasteiger charge is -2.26. The Kier molecular flexibility index (Phi) is 5.71. The third-order valence-electron chi connectivity index (χ3n) is 5.43. The highest BCUT2D eigenvalue weighted by molar-refractivity contribution is 7.89. The van der Waals surface area contributed by atoms with E-state index in [9.17, 15) is 13.2 Å². The zero-order valence-electron chi connectivity index (χ0n) is 16.6. The minimum absolute atomic E-state index is 0.171. The molecule has 3 heterocycles. The van der Waals surface area contributed by atoms with Gasteiger partial charge >= 0.3 is 0 Å². The Labute approximate surface area is 170 Å². The number of carbonyl (C=O) groups excluding carboxylic acids is 1. The summed E-state index contributed by atoms with van der Waals surface area (Å²) in [4.78, 5) is 17.4. The molecule has 4 rings (SSSR count). The first kappa shape index (κ1) is 20.1. The normalized spacial score (nSPS) is 17.7. The number of sulfonamides is 1. The van der Waals surface area contributed by atoms with E-state index in [0.717, 1.165) is 37.3 Å². The topological polar surface area (TPSA) is 93.5 Å². The number of carbonyl (C=O) groups is 1. The first-order valence-corrected chi connectivity index (χ1v) is 11.4. The van der Waals surface area contributed by atoms with Gasteiger partial charge in [0.05, 0.1) is 30.3 Å². The van der Waals surface area contributed by atoms with E-state index in [1.807, 2.05) is 6.20 Å². The number of benzene rings is 1. The lowest BCUT2D eigenvalue weighted by Crippen LogP contribution is -2.41. The Morgan fingerprint density at radius 3 is 2.76 bits per heavy atom. The number of rotatable bonds is 5. The standard InChI is InChI=1S/C20H26N4O4S/c1-15-5-6-16(12-18(15)29(26,27)24-8-10-28-11-9-24)20(25)21-13-17-14-23-7-3-2-4-19(23)22-17/h5-6,12,14H,2-4,7-11,13H2,1H3,(H,21,25). The first-order chi connectivity index (χ1) is 13.9. The molecule has 1 amide bonds. The maximum atomic E-state index is 13.0. The summed E-state index contributed by atoms with van der Waals surface area (Å²) >= 11 is 0. The molecule has 2 aliphatic rings. The van der Waals surface area contributed by atoms with Crippen LogP contribution < -0.4 is 5.32 Å². The molecule has 1 N–H and O–H groups in total. The largest absolute Gasteiger partial charge is 0.379 e. The molecule has 9 heteroatoms. The number of amides is 1. The Hall–Kier alpha value is -2.23. The Morgan fingerprint density at radius 1 is 1.21 bits per heavy atom. The van der Waals surface area contributed by atoms with Crippen molar-refractivity contribution >= 4 is 15.9 Å². The van der Waals surface area contributed by atoms with Gasteiger partial charge in [-0.05, 0) is 37.5 Å². The highest BCUT2D eigenvalue weighted by Crippen LogP contribution is 2.22. The average molecular weight is 419 g/mol. The van der Waals surface area contributed by atoms with Crippen LogP contribution in [0.4, 0.5) is 0 Å². The van der Waals surface area contributed by atoms with Crippen molar-refractivity contribution in [3.63, 3.8) is 0 Å². The smallest absolute Gasteiger partial charge is 0.251 e. The molecule has 2 aromatic rings. The number of aryl methyl sites for hydroxylation is 3. The molecule has 0 bridgehead atoms. The van der Waals surface area contributed by atoms with E-state index >= 15 is 0 Å². The number of imidazole rings is 1. The molecule has 1 aromatic heterocycles. The van der Waals surface area contributed by atoms with Gasteiger partial charge in [-0.15, -0.1) is 0 Å². The van der Waals surface area contributed by atoms with Crippen molar-refractivity contribution in [2.24, 2.45) is 0 Å². The number of hydrogen-bond donors (Lipinski definition) is 1. The fourth-order valence-corrected chi connectivity index (χ4v) is 5.43. The molecule has 0 unspecified atom stereocenters. The number of fused-ring (bicyclic) bond motifs is 1. The summed E-state index contributed by atoms with van der Waals surface area (Å²) in [5, 5.41) is 2.86. The maximum Gasteiger partial charge on any atom is 0.251 e. The third-order valence-corrected chi connectivity index (χ3v) is 7.47. The van der Waals surface area contributed by atoms with Gasteiger partial charge in [-0.3, -0.25) is 4.79 Å². The van der Waals surface area contributed by atoms with E-state index in [1.54, 1.807) is 19.1 Å². The van der Waals surface area contributed by atoms with Crippen molar-refractivity contribution in [3.05, 3.63) is 47.0 Å². The van der Waals surface area contributed by atoms with E-state index in [1.165, 1.54) is 10.4 Å². The second-order valence-electron chi connectivity index (χ2n) is 7.48. The number of nitrogens with zero attached hydrogens (tertiary/aromatic N) is 3. The van der Waals surface area contributed by atoms with Gasteiger partial charge in [0.2, 0.25) is 10.0 Å². The molecule has 1 saturated heterocycles. The van der Waals surface area contributed by atoms with Crippen LogP contribution in [-0.2, 0) is 34.3 Å². The predicted molar refractivity (Wildman–Crippen MR) is 107 cm³/mol. The van der Waals surface area contributed by atoms with E-state index in [2.05, 4.69) is 14.9 Å². The molecule has 0 radical (unpaired) electrons. The molecule has 1 aromatic carbocycles. The van der Waals surface area contributed by atoms with Gasteiger partial charge in [0, 0.05) is 37.8 Å². The van der Waals surface area contributed by atoms with Gasteiger partial charge in [0.25, 0.3) is 5.91 Å². The van der Waals surface area contributed by atoms with Gasteiger partial charge in [0.15, 0.2) is 0 Å². The van der Waals surface area contributed by atoms with Crippen molar-refractivity contribution in [3.8, 4) is 0 Å². The van der Waals surface area contributed by atoms with Crippen molar-refractivity contribution < 1.29 is 17.9 Å². The van der Waals surface area contributed by atoms with Gasteiger partial charge in [0.1, 0.15) is 5.82 Å². The third kappa shape index (κ3) is 4.22. The Balaban J connectivity index is 1.49. The highest BCUT2D eigenvalue weighted by Gasteiger charge is 2.28. The lowest BCUT2D eigenvalue weighted by molar-refractivity contribution is 0.0730. The molecule has 2 aliphatic heterocycles. The Bertz CT molecular complexity index is 986. The average Bonchev–Trinajstić information content (AvgIpc) is 3.16. The number of ether oxygens (including phenoxy) is 1. The van der Waals surface area contributed by atoms with Crippen molar-refractivity contribution in [2.45, 2.75) is 44.2 Å². The van der Waals surface area contributed by atoms with E-state index in [0.29, 0.717) is 44.0 Å². The molecular weight excluding hydrogens is 392 g/mol. The van der Waals surface area contributed by atoms with Crippen LogP contribution in [0, 0.1) is 6.92 Å². The van der Waals surface area contributed by atoms with Crippen molar-refractivity contribution in [1.29, 1.82) is 0 Å². The molecular formula is C20H26N4O4S. The Morgan fingerprint density at radius 2 is 2.00 bits per heavy atom. The van der Waals surface area contributed by atoms with E-state index in [-0.39, 0.29) is 10.8 Å². The van der Waals surface area contributed by atoms with Crippen LogP contribution in [0.3, 0.4) is 0 Å². The zero-order chi connectivity index (χ0) is 20.4. The summed E-state index contributed by atoms with van der Waals surface area (Å²) in [5.74, 6) is 0.754. The van der Waals surface area contributed by atoms with Crippen LogP contribution in [-0.4, -0.2) is 54.5 Å². The van der Waals surface area contributed by atoms with Crippen LogP contribution in [0.25, 0.3) is 0 Å². The highest BCUT2D eigenvalue weighted by atomic mass is 32.2. The van der Waals surface area contributed by atoms with E-state index < -0.39 is 10.0 Å². The number of aromatic nitrogens is 2. The molecule has 1 fully saturated rings. The first-order valence-electron chi connectivity index (χ1n) is 9.97. The fourth-order valence-electron chi connectivity index (χ4n) is 3.77. The van der Waals surface area contributed by atoms with Crippen molar-refractivity contribution in [1.82, 2.24) is 19.2 Å². The van der Waals surface area contributed by atoms with Gasteiger partial charge in [-0.25, -0.2) is 13.4 Å². The number of morpholine rings is 1. The maximum absolute atomic E-state index is 13.0. The van der Waals surface area contributed by atoms with E-state index in [4.69, 9.17) is 4.74 Å². The van der Waals surface area contributed by atoms with Crippen LogP contribution in [0.1, 0.15) is 40.3 Å². The fraction of sp³-hybridized carbons (Fsp3) is 0.500. The van der Waals surface area contributed by atoms with Gasteiger partial charge in [-0.1, -0.05) is 6.07 Å². The molecule has 29 heavy (non-hydrogen) atoms. The monoisotopic (exact) mass is 418 g/mol. The SMILES string of the molecule is Cc1ccc(C(=O)NCc2cn3c(n2)CCCC3)cc1S(=O)(=O)N1CCOCC1. The summed E-state index contributed by atoms with van der Waals surface area (Å²) in [5.41, 5.74) is 1.77. The summed E-state index contributed by atoms with van der Waals surface area (Å²) < 4.78 is 34.8. The number of nitrogens with one attached hydrogen (secondary N) is 1. The van der Waals surface area contributed by atoms with Crippen LogP contribution in [0.5, 0.6) is 0 Å². The summed E-state index contributed by atoms with van der Waals surface area (Å²) in [7, 11) is -3.66. The second kappa shape index (κ2) is 8.25. The minimum atomic E-state index is -3.66. The molecule has 0 atom stereocenters. The van der Waals surface area contributed by atoms with Gasteiger partial charge < -0.3 is 14.6 Å².